The van der Waals surface area contributed by atoms with Gasteiger partial charge in [0.05, 0.1) is 11.0 Å². The average Bonchev–Trinajstić information content (AvgIpc) is 3.37. The molecule has 4 aliphatic rings. The number of rotatable bonds is 5. The molecule has 27 heavy (non-hydrogen) atoms. The molecule has 3 unspecified atom stereocenters. The van der Waals surface area contributed by atoms with Gasteiger partial charge in [-0.1, -0.05) is 19.4 Å². The van der Waals surface area contributed by atoms with Crippen LogP contribution in [0.2, 0.25) is 0 Å². The van der Waals surface area contributed by atoms with Crippen molar-refractivity contribution in [1.82, 2.24) is 4.90 Å². The highest BCUT2D eigenvalue weighted by molar-refractivity contribution is 5.89. The van der Waals surface area contributed by atoms with Gasteiger partial charge in [-0.05, 0) is 56.7 Å². The number of aliphatic hydroxyl groups is 1. The number of aromatic hydroxyl groups is 1. The van der Waals surface area contributed by atoms with E-state index >= 15 is 0 Å². The van der Waals surface area contributed by atoms with Crippen LogP contribution in [-0.4, -0.2) is 52.2 Å². The predicted octanol–water partition coefficient (Wildman–Crippen LogP) is 2.55. The zero-order valence-electron chi connectivity index (χ0n) is 16.2. The number of hydrogen-bond donors (Lipinski definition) is 2. The van der Waals surface area contributed by atoms with Gasteiger partial charge in [0.1, 0.15) is 0 Å². The van der Waals surface area contributed by atoms with Crippen LogP contribution in [0.25, 0.3) is 0 Å². The van der Waals surface area contributed by atoms with Gasteiger partial charge in [0.2, 0.25) is 0 Å². The molecule has 0 bridgehead atoms. The van der Waals surface area contributed by atoms with E-state index in [1.165, 1.54) is 12.8 Å². The van der Waals surface area contributed by atoms with Gasteiger partial charge in [0, 0.05) is 24.6 Å². The van der Waals surface area contributed by atoms with Crippen molar-refractivity contribution in [2.24, 2.45) is 5.92 Å². The van der Waals surface area contributed by atoms with Crippen molar-refractivity contribution in [3.63, 3.8) is 0 Å². The highest BCUT2D eigenvalue weighted by Gasteiger charge is 2.70. The van der Waals surface area contributed by atoms with Crippen LogP contribution in [0.1, 0.15) is 56.6 Å². The zero-order chi connectivity index (χ0) is 19.0. The quantitative estimate of drug-likeness (QED) is 0.832. The van der Waals surface area contributed by atoms with Crippen molar-refractivity contribution in [3.8, 4) is 11.5 Å². The smallest absolute Gasteiger partial charge is 0.174 e. The summed E-state index contributed by atoms with van der Waals surface area (Å²) in [5, 5.41) is 22.7. The number of ether oxygens (including phenoxy) is 1. The summed E-state index contributed by atoms with van der Waals surface area (Å²) in [4.78, 5) is 15.2. The summed E-state index contributed by atoms with van der Waals surface area (Å²) in [6.45, 7) is 3.09. The van der Waals surface area contributed by atoms with E-state index < -0.39 is 17.1 Å². The molecule has 0 saturated heterocycles. The van der Waals surface area contributed by atoms with E-state index in [0.29, 0.717) is 25.0 Å². The van der Waals surface area contributed by atoms with Crippen molar-refractivity contribution in [2.45, 2.75) is 75.0 Å². The first-order chi connectivity index (χ1) is 12.9. The van der Waals surface area contributed by atoms with Crippen LogP contribution in [0.5, 0.6) is 11.5 Å². The van der Waals surface area contributed by atoms with Crippen LogP contribution >= 0.6 is 0 Å². The number of phenols is 1. The second-order valence-corrected chi connectivity index (χ2v) is 9.16. The molecule has 0 spiro atoms. The molecule has 0 amide bonds. The van der Waals surface area contributed by atoms with E-state index in [1.54, 1.807) is 6.07 Å². The standard InChI is InChI=1S/C22H29NO4/c1-3-9-21-18-14-6-7-15(24)19(18)27-20(21)16(25)8-10-22(21,26)17(11-14)23(2)12-13-4-5-13/h6-7,13,17,20,24,26H,3-5,8-12H2,1-2H3/t17?,20?,21-,22?/m0/s1. The summed E-state index contributed by atoms with van der Waals surface area (Å²) in [6.07, 6.45) is 4.95. The second kappa shape index (κ2) is 5.71. The van der Waals surface area contributed by atoms with Gasteiger partial charge in [-0.15, -0.1) is 0 Å². The van der Waals surface area contributed by atoms with E-state index in [4.69, 9.17) is 4.74 Å². The number of nitrogens with zero attached hydrogens (tertiary/aromatic N) is 1. The highest BCUT2D eigenvalue weighted by atomic mass is 16.5. The molecule has 5 nitrogen and oxygen atoms in total. The van der Waals surface area contributed by atoms with E-state index in [9.17, 15) is 15.0 Å². The summed E-state index contributed by atoms with van der Waals surface area (Å²) >= 11 is 0. The lowest BCUT2D eigenvalue weighted by Gasteiger charge is -2.58. The topological polar surface area (TPSA) is 70.0 Å². The lowest BCUT2D eigenvalue weighted by Crippen LogP contribution is -2.72. The largest absolute Gasteiger partial charge is 0.504 e. The van der Waals surface area contributed by atoms with Crippen molar-refractivity contribution in [2.75, 3.05) is 13.6 Å². The summed E-state index contributed by atoms with van der Waals surface area (Å²) in [5.41, 5.74) is 0.255. The first kappa shape index (κ1) is 17.5. The molecule has 2 fully saturated rings. The van der Waals surface area contributed by atoms with Gasteiger partial charge in [0.15, 0.2) is 23.4 Å². The van der Waals surface area contributed by atoms with Crippen molar-refractivity contribution < 1.29 is 19.7 Å². The first-order valence-electron chi connectivity index (χ1n) is 10.4. The summed E-state index contributed by atoms with van der Waals surface area (Å²) < 4.78 is 6.11. The van der Waals surface area contributed by atoms with E-state index in [-0.39, 0.29) is 17.6 Å². The third-order valence-corrected chi connectivity index (χ3v) is 7.55. The molecule has 0 radical (unpaired) electrons. The molecule has 146 valence electrons. The molecule has 0 aromatic heterocycles. The van der Waals surface area contributed by atoms with Crippen LogP contribution < -0.4 is 4.74 Å². The Morgan fingerprint density at radius 3 is 2.81 bits per heavy atom. The van der Waals surface area contributed by atoms with E-state index in [0.717, 1.165) is 36.4 Å². The Morgan fingerprint density at radius 2 is 2.11 bits per heavy atom. The Kier molecular flexibility index (Phi) is 3.70. The molecule has 1 heterocycles. The first-order valence-corrected chi connectivity index (χ1v) is 10.4. The third kappa shape index (κ3) is 2.16. The monoisotopic (exact) mass is 371 g/mol. The maximum atomic E-state index is 12.9. The predicted molar refractivity (Wildman–Crippen MR) is 101 cm³/mol. The zero-order valence-corrected chi connectivity index (χ0v) is 16.2. The molecule has 5 rings (SSSR count). The Labute approximate surface area is 160 Å². The van der Waals surface area contributed by atoms with Crippen LogP contribution in [0, 0.1) is 5.92 Å². The van der Waals surface area contributed by atoms with Gasteiger partial charge < -0.3 is 14.9 Å². The van der Waals surface area contributed by atoms with Crippen molar-refractivity contribution in [1.29, 1.82) is 0 Å². The fourth-order valence-electron chi connectivity index (χ4n) is 6.26. The van der Waals surface area contributed by atoms with Gasteiger partial charge in [0.25, 0.3) is 0 Å². The molecular weight excluding hydrogens is 342 g/mol. The lowest BCUT2D eigenvalue weighted by atomic mass is 9.50. The number of benzene rings is 1. The molecule has 1 aliphatic heterocycles. The summed E-state index contributed by atoms with van der Waals surface area (Å²) in [6, 6.07) is 3.61. The number of hydrogen-bond acceptors (Lipinski definition) is 5. The van der Waals surface area contributed by atoms with E-state index in [2.05, 4.69) is 18.9 Å². The molecule has 3 aliphatic carbocycles. The molecule has 1 aromatic carbocycles. The molecule has 2 N–H and O–H groups in total. The second-order valence-electron chi connectivity index (χ2n) is 9.16. The number of phenolic OH excluding ortho intramolecular Hbond substituents is 1. The maximum Gasteiger partial charge on any atom is 0.174 e. The Morgan fingerprint density at radius 1 is 1.33 bits per heavy atom. The van der Waals surface area contributed by atoms with Crippen LogP contribution in [0.15, 0.2) is 12.1 Å². The number of carbonyl (C=O) groups excluding carboxylic acids is 1. The van der Waals surface area contributed by atoms with Gasteiger partial charge in [-0.2, -0.15) is 0 Å². The SMILES string of the molecule is CCC[C@]12c3c4ccc(O)c3OC1C(=O)CCC2(O)C(N(C)CC1CC1)C4. The fourth-order valence-corrected chi connectivity index (χ4v) is 6.26. The molecule has 5 heteroatoms. The van der Waals surface area contributed by atoms with E-state index in [1.807, 2.05) is 6.07 Å². The number of likely N-dealkylation sites (N-methyl/N-ethyl adjacent to an activating group) is 1. The fraction of sp³-hybridized carbons (Fsp3) is 0.682. The van der Waals surface area contributed by atoms with Crippen LogP contribution in [0.3, 0.4) is 0 Å². The summed E-state index contributed by atoms with van der Waals surface area (Å²) in [5.74, 6) is 1.31. The Bertz CT molecular complexity index is 804. The Balaban J connectivity index is 1.71. The lowest BCUT2D eigenvalue weighted by molar-refractivity contribution is -0.170. The minimum Gasteiger partial charge on any atom is -0.504 e. The number of carbonyl (C=O) groups is 1. The van der Waals surface area contributed by atoms with Crippen molar-refractivity contribution >= 4 is 5.78 Å². The Hall–Kier alpha value is -1.59. The normalized spacial score (nSPS) is 36.7. The molecular formula is C22H29NO4. The minimum absolute atomic E-state index is 0.0353. The van der Waals surface area contributed by atoms with Gasteiger partial charge >= 0.3 is 0 Å². The number of ketones is 1. The number of Topliss-reactive ketones (excluding diaryl/α,β-unsaturated/α-hetero) is 1. The maximum absolute atomic E-state index is 12.9. The van der Waals surface area contributed by atoms with Gasteiger partial charge in [-0.3, -0.25) is 9.69 Å². The molecule has 4 atom stereocenters. The molecule has 2 saturated carbocycles. The van der Waals surface area contributed by atoms with Gasteiger partial charge in [-0.25, -0.2) is 0 Å². The van der Waals surface area contributed by atoms with Crippen LogP contribution in [0.4, 0.5) is 0 Å². The average molecular weight is 371 g/mol. The summed E-state index contributed by atoms with van der Waals surface area (Å²) in [7, 11) is 2.12. The van der Waals surface area contributed by atoms with Crippen molar-refractivity contribution in [3.05, 3.63) is 23.3 Å². The third-order valence-electron chi connectivity index (χ3n) is 7.55. The molecule has 1 aromatic rings. The van der Waals surface area contributed by atoms with Crippen LogP contribution in [-0.2, 0) is 16.6 Å². The highest BCUT2D eigenvalue weighted by Crippen LogP contribution is 2.63. The minimum atomic E-state index is -1.02.